The van der Waals surface area contributed by atoms with Crippen LogP contribution >= 0.6 is 0 Å². The van der Waals surface area contributed by atoms with Crippen molar-refractivity contribution in [1.29, 1.82) is 0 Å². The van der Waals surface area contributed by atoms with E-state index in [0.717, 1.165) is 4.68 Å². The van der Waals surface area contributed by atoms with Crippen LogP contribution in [0.1, 0.15) is 18.2 Å². The maximum atomic E-state index is 12.8. The standard InChI is InChI=1S/C12H20F3N5O/c1-8(7-21-4)18-11(16-2)17-5-9-6-20(3)19-10(9)12(13,14)15/h6,8H,5,7H2,1-4H3,(H2,16,17,18). The van der Waals surface area contributed by atoms with Crippen LogP contribution in [0.15, 0.2) is 11.2 Å². The van der Waals surface area contributed by atoms with Gasteiger partial charge in [-0.3, -0.25) is 9.67 Å². The maximum Gasteiger partial charge on any atom is 0.435 e. The molecule has 0 saturated carbocycles. The van der Waals surface area contributed by atoms with Gasteiger partial charge in [-0.15, -0.1) is 0 Å². The Morgan fingerprint density at radius 3 is 2.71 bits per heavy atom. The van der Waals surface area contributed by atoms with Crippen molar-refractivity contribution in [2.45, 2.75) is 25.7 Å². The average Bonchev–Trinajstić information content (AvgIpc) is 2.76. The third-order valence-electron chi connectivity index (χ3n) is 2.64. The minimum atomic E-state index is -4.47. The van der Waals surface area contributed by atoms with E-state index in [1.54, 1.807) is 14.2 Å². The smallest absolute Gasteiger partial charge is 0.383 e. The Morgan fingerprint density at radius 1 is 1.52 bits per heavy atom. The van der Waals surface area contributed by atoms with Gasteiger partial charge in [0.25, 0.3) is 0 Å². The van der Waals surface area contributed by atoms with Crippen LogP contribution in [-0.4, -0.2) is 42.5 Å². The van der Waals surface area contributed by atoms with Crippen molar-refractivity contribution in [3.8, 4) is 0 Å². The van der Waals surface area contributed by atoms with E-state index in [9.17, 15) is 13.2 Å². The molecule has 2 N–H and O–H groups in total. The molecular formula is C12H20F3N5O. The van der Waals surface area contributed by atoms with E-state index in [1.165, 1.54) is 13.2 Å². The quantitative estimate of drug-likeness (QED) is 0.632. The number of methoxy groups -OCH3 is 1. The van der Waals surface area contributed by atoms with Crippen LogP contribution < -0.4 is 10.6 Å². The maximum absolute atomic E-state index is 12.8. The Morgan fingerprint density at radius 2 is 2.19 bits per heavy atom. The predicted molar refractivity (Wildman–Crippen MR) is 72.9 cm³/mol. The van der Waals surface area contributed by atoms with Gasteiger partial charge in [0.15, 0.2) is 11.7 Å². The van der Waals surface area contributed by atoms with Crippen LogP contribution in [0.4, 0.5) is 13.2 Å². The number of nitrogens with zero attached hydrogens (tertiary/aromatic N) is 3. The van der Waals surface area contributed by atoms with E-state index >= 15 is 0 Å². The molecule has 0 aromatic carbocycles. The molecule has 0 spiro atoms. The first-order valence-electron chi connectivity index (χ1n) is 6.33. The molecule has 0 saturated heterocycles. The van der Waals surface area contributed by atoms with Gasteiger partial charge in [0.05, 0.1) is 6.61 Å². The lowest BCUT2D eigenvalue weighted by Gasteiger charge is -2.17. The van der Waals surface area contributed by atoms with E-state index in [4.69, 9.17) is 4.74 Å². The molecule has 1 heterocycles. The van der Waals surface area contributed by atoms with Crippen LogP contribution in [0.3, 0.4) is 0 Å². The first kappa shape index (κ1) is 17.3. The molecule has 1 rings (SSSR count). The van der Waals surface area contributed by atoms with Gasteiger partial charge >= 0.3 is 6.18 Å². The van der Waals surface area contributed by atoms with E-state index in [-0.39, 0.29) is 18.2 Å². The van der Waals surface area contributed by atoms with Gasteiger partial charge in [-0.25, -0.2) is 0 Å². The van der Waals surface area contributed by atoms with Gasteiger partial charge in [-0.1, -0.05) is 0 Å². The number of rotatable bonds is 5. The zero-order valence-corrected chi connectivity index (χ0v) is 12.5. The van der Waals surface area contributed by atoms with Crippen molar-refractivity contribution in [1.82, 2.24) is 20.4 Å². The molecule has 0 fully saturated rings. The summed E-state index contributed by atoms with van der Waals surface area (Å²) in [4.78, 5) is 3.95. The third kappa shape index (κ3) is 5.25. The predicted octanol–water partition coefficient (Wildman–Crippen LogP) is 1.14. The Bertz CT molecular complexity index is 484. The average molecular weight is 307 g/mol. The Hall–Kier alpha value is -1.77. The van der Waals surface area contributed by atoms with Crippen molar-refractivity contribution in [2.75, 3.05) is 20.8 Å². The second kappa shape index (κ2) is 7.30. The van der Waals surface area contributed by atoms with Gasteiger partial charge in [-0.05, 0) is 6.92 Å². The highest BCUT2D eigenvalue weighted by molar-refractivity contribution is 5.79. The Balaban J connectivity index is 2.70. The molecule has 120 valence electrons. The monoisotopic (exact) mass is 307 g/mol. The normalized spacial score (nSPS) is 14.1. The fourth-order valence-electron chi connectivity index (χ4n) is 1.80. The summed E-state index contributed by atoms with van der Waals surface area (Å²) in [6.45, 7) is 2.31. The number of alkyl halides is 3. The molecule has 6 nitrogen and oxygen atoms in total. The molecule has 1 aromatic heterocycles. The number of guanidine groups is 1. The summed E-state index contributed by atoms with van der Waals surface area (Å²) in [6, 6.07) is -0.0165. The second-order valence-electron chi connectivity index (χ2n) is 4.60. The van der Waals surface area contributed by atoms with Crippen molar-refractivity contribution in [3.05, 3.63) is 17.5 Å². The van der Waals surface area contributed by atoms with Crippen molar-refractivity contribution >= 4 is 5.96 Å². The first-order valence-corrected chi connectivity index (χ1v) is 6.33. The number of hydrogen-bond acceptors (Lipinski definition) is 3. The number of ether oxygens (including phenoxy) is 1. The molecule has 1 aromatic rings. The molecule has 1 unspecified atom stereocenters. The summed E-state index contributed by atoms with van der Waals surface area (Å²) in [5.74, 6) is 0.400. The largest absolute Gasteiger partial charge is 0.435 e. The number of halogens is 3. The summed E-state index contributed by atoms with van der Waals surface area (Å²) in [5, 5.41) is 9.29. The minimum absolute atomic E-state index is 0.0165. The topological polar surface area (TPSA) is 63.5 Å². The number of aromatic nitrogens is 2. The van der Waals surface area contributed by atoms with Crippen LogP contribution in [0.5, 0.6) is 0 Å². The van der Waals surface area contributed by atoms with E-state index in [0.29, 0.717) is 12.6 Å². The zero-order valence-electron chi connectivity index (χ0n) is 12.5. The highest BCUT2D eigenvalue weighted by Crippen LogP contribution is 2.30. The molecular weight excluding hydrogens is 287 g/mol. The molecule has 0 aliphatic carbocycles. The number of aliphatic imine (C=N–C) groups is 1. The van der Waals surface area contributed by atoms with Crippen molar-refractivity contribution in [3.63, 3.8) is 0 Å². The molecule has 21 heavy (non-hydrogen) atoms. The minimum Gasteiger partial charge on any atom is -0.383 e. The third-order valence-corrected chi connectivity index (χ3v) is 2.64. The highest BCUT2D eigenvalue weighted by Gasteiger charge is 2.36. The Labute approximate surface area is 121 Å². The molecule has 9 heteroatoms. The van der Waals surface area contributed by atoms with Crippen molar-refractivity contribution < 1.29 is 17.9 Å². The summed E-state index contributed by atoms with van der Waals surface area (Å²) >= 11 is 0. The lowest BCUT2D eigenvalue weighted by atomic mass is 10.2. The Kier molecular flexibility index (Phi) is 6.01. The summed E-state index contributed by atoms with van der Waals surface area (Å²) in [7, 11) is 4.56. The molecule has 0 aliphatic heterocycles. The SMILES string of the molecule is CN=C(NCc1cn(C)nc1C(F)(F)F)NC(C)COC. The molecule has 0 aliphatic rings. The van der Waals surface area contributed by atoms with Gasteiger partial charge < -0.3 is 15.4 Å². The molecule has 0 radical (unpaired) electrons. The highest BCUT2D eigenvalue weighted by atomic mass is 19.4. The van der Waals surface area contributed by atoms with Crippen molar-refractivity contribution in [2.24, 2.45) is 12.0 Å². The van der Waals surface area contributed by atoms with Crippen LogP contribution in [0.25, 0.3) is 0 Å². The van der Waals surface area contributed by atoms with E-state index in [2.05, 4.69) is 20.7 Å². The van der Waals surface area contributed by atoms with Gasteiger partial charge in [0, 0.05) is 45.6 Å². The lowest BCUT2D eigenvalue weighted by molar-refractivity contribution is -0.142. The summed E-state index contributed by atoms with van der Waals surface area (Å²) in [6.07, 6.45) is -3.14. The van der Waals surface area contributed by atoms with Crippen LogP contribution in [-0.2, 0) is 24.5 Å². The molecule has 0 bridgehead atoms. The van der Waals surface area contributed by atoms with E-state index < -0.39 is 11.9 Å². The fourth-order valence-corrected chi connectivity index (χ4v) is 1.80. The number of aryl methyl sites for hydroxylation is 1. The zero-order chi connectivity index (χ0) is 16.0. The van der Waals surface area contributed by atoms with Gasteiger partial charge in [0.1, 0.15) is 0 Å². The summed E-state index contributed by atoms with van der Waals surface area (Å²) < 4.78 is 44.6. The van der Waals surface area contributed by atoms with Gasteiger partial charge in [-0.2, -0.15) is 18.3 Å². The lowest BCUT2D eigenvalue weighted by Crippen LogP contribution is -2.43. The first-order chi connectivity index (χ1) is 9.77. The second-order valence-corrected chi connectivity index (χ2v) is 4.60. The molecule has 1 atom stereocenters. The van der Waals surface area contributed by atoms with Gasteiger partial charge in [0.2, 0.25) is 0 Å². The van der Waals surface area contributed by atoms with E-state index in [1.807, 2.05) is 6.92 Å². The summed E-state index contributed by atoms with van der Waals surface area (Å²) in [5.41, 5.74) is -0.828. The van der Waals surface area contributed by atoms with Crippen LogP contribution in [0.2, 0.25) is 0 Å². The number of nitrogens with one attached hydrogen (secondary N) is 2. The fraction of sp³-hybridized carbons (Fsp3) is 0.667. The van der Waals surface area contributed by atoms with Crippen LogP contribution in [0, 0.1) is 0 Å². The number of hydrogen-bond donors (Lipinski definition) is 2. The molecule has 0 amide bonds.